The predicted octanol–water partition coefficient (Wildman–Crippen LogP) is 0.919. The van der Waals surface area contributed by atoms with Crippen molar-refractivity contribution in [1.82, 2.24) is 25.5 Å². The fourth-order valence-corrected chi connectivity index (χ4v) is 4.10. The summed E-state index contributed by atoms with van der Waals surface area (Å²) < 4.78 is 15.8. The summed E-state index contributed by atoms with van der Waals surface area (Å²) in [5.74, 6) is 1.62. The molecule has 1 saturated heterocycles. The molecule has 0 spiro atoms. The van der Waals surface area contributed by atoms with Crippen molar-refractivity contribution in [3.05, 3.63) is 48.0 Å². The molecule has 206 valence electrons. The second-order valence-corrected chi connectivity index (χ2v) is 8.70. The number of ether oxygens (including phenoxy) is 3. The number of alkyl carbamates (subject to hydrolysis) is 1. The van der Waals surface area contributed by atoms with Gasteiger partial charge in [-0.25, -0.2) is 9.78 Å². The number of aromatic nitrogens is 2. The molecule has 1 aromatic heterocycles. The van der Waals surface area contributed by atoms with Crippen LogP contribution >= 0.6 is 0 Å². The molecule has 13 nitrogen and oxygen atoms in total. The van der Waals surface area contributed by atoms with Gasteiger partial charge in [0.05, 0.1) is 26.3 Å². The van der Waals surface area contributed by atoms with Gasteiger partial charge in [-0.3, -0.25) is 20.2 Å². The molecule has 1 fully saturated rings. The van der Waals surface area contributed by atoms with Crippen molar-refractivity contribution >= 4 is 41.0 Å². The van der Waals surface area contributed by atoms with E-state index in [2.05, 4.69) is 20.6 Å². The molecular formula is C26H31N7O6. The van der Waals surface area contributed by atoms with Gasteiger partial charge in [0.2, 0.25) is 11.9 Å². The zero-order chi connectivity index (χ0) is 27.8. The number of hydrogen-bond acceptors (Lipinski definition) is 11. The van der Waals surface area contributed by atoms with Gasteiger partial charge in [-0.2, -0.15) is 4.98 Å². The van der Waals surface area contributed by atoms with Gasteiger partial charge in [-0.05, 0) is 11.6 Å². The monoisotopic (exact) mass is 537 g/mol. The van der Waals surface area contributed by atoms with Crippen LogP contribution in [0.25, 0.3) is 10.9 Å². The van der Waals surface area contributed by atoms with E-state index >= 15 is 0 Å². The molecular weight excluding hydrogens is 506 g/mol. The molecule has 0 saturated carbocycles. The van der Waals surface area contributed by atoms with E-state index in [0.29, 0.717) is 66.6 Å². The third kappa shape index (κ3) is 6.82. The van der Waals surface area contributed by atoms with E-state index in [1.54, 1.807) is 31.3 Å². The Balaban J connectivity index is 1.27. The minimum Gasteiger partial charge on any atom is -0.493 e. The highest BCUT2D eigenvalue weighted by Crippen LogP contribution is 2.34. The Bertz CT molecular complexity index is 1320. The van der Waals surface area contributed by atoms with Crippen LogP contribution in [0.3, 0.4) is 0 Å². The van der Waals surface area contributed by atoms with Crippen molar-refractivity contribution < 1.29 is 28.6 Å². The highest BCUT2D eigenvalue weighted by molar-refractivity contribution is 5.91. The molecule has 4 rings (SSSR count). The number of nitrogens with two attached hydrogens (primary N) is 1. The second kappa shape index (κ2) is 12.7. The lowest BCUT2D eigenvalue weighted by molar-refractivity contribution is -0.130. The van der Waals surface area contributed by atoms with Crippen LogP contribution in [-0.4, -0.2) is 86.3 Å². The molecule has 1 aliphatic rings. The first-order chi connectivity index (χ1) is 18.9. The van der Waals surface area contributed by atoms with Crippen LogP contribution in [0.5, 0.6) is 11.5 Å². The van der Waals surface area contributed by atoms with Crippen molar-refractivity contribution in [2.45, 2.75) is 12.8 Å². The van der Waals surface area contributed by atoms with Gasteiger partial charge in [-0.1, -0.05) is 30.3 Å². The third-order valence-electron chi connectivity index (χ3n) is 6.23. The highest BCUT2D eigenvalue weighted by atomic mass is 16.5. The van der Waals surface area contributed by atoms with E-state index < -0.39 is 12.3 Å². The molecule has 1 aliphatic heterocycles. The molecule has 2 amide bonds. The standard InChI is InChI=1S/C26H31N7O6/c1-37-20-12-18-19(13-21(20)38-2)29-25(31-24(18)27)33-10-8-32(9-11-33)23(35)14-28-22(15-34)30-26(36)39-16-17-6-4-3-5-7-17/h3-7,12-13,15,22,28H,8-11,14,16H2,1-2H3,(H,30,36)(H2,27,29,31). The predicted molar refractivity (Wildman–Crippen MR) is 143 cm³/mol. The molecule has 1 unspecified atom stereocenters. The van der Waals surface area contributed by atoms with Crippen LogP contribution in [0.4, 0.5) is 16.6 Å². The molecule has 1 atom stereocenters. The number of hydrogen-bond donors (Lipinski definition) is 3. The SMILES string of the molecule is COc1cc2nc(N3CCN(C(=O)CNC(C=O)NC(=O)OCc4ccccc4)CC3)nc(N)c2cc1OC. The number of nitrogens with zero attached hydrogens (tertiary/aromatic N) is 4. The van der Waals surface area contributed by atoms with Crippen LogP contribution < -0.4 is 30.7 Å². The van der Waals surface area contributed by atoms with Crippen LogP contribution in [0.15, 0.2) is 42.5 Å². The summed E-state index contributed by atoms with van der Waals surface area (Å²) in [5, 5.41) is 5.78. The number of rotatable bonds is 10. The zero-order valence-electron chi connectivity index (χ0n) is 21.8. The third-order valence-corrected chi connectivity index (χ3v) is 6.23. The normalized spacial score (nSPS) is 14.0. The molecule has 2 heterocycles. The molecule has 4 N–H and O–H groups in total. The number of amides is 2. The molecule has 3 aromatic rings. The number of methoxy groups -OCH3 is 2. The van der Waals surface area contributed by atoms with Gasteiger partial charge < -0.3 is 29.7 Å². The number of benzene rings is 2. The van der Waals surface area contributed by atoms with Crippen LogP contribution in [0.2, 0.25) is 0 Å². The lowest BCUT2D eigenvalue weighted by Crippen LogP contribution is -2.54. The van der Waals surface area contributed by atoms with E-state index in [0.717, 1.165) is 5.56 Å². The maximum Gasteiger partial charge on any atom is 0.409 e. The molecule has 13 heteroatoms. The van der Waals surface area contributed by atoms with E-state index in [9.17, 15) is 14.4 Å². The Morgan fingerprint density at radius 2 is 1.74 bits per heavy atom. The Morgan fingerprint density at radius 1 is 1.05 bits per heavy atom. The van der Waals surface area contributed by atoms with Crippen LogP contribution in [-0.2, 0) is 20.9 Å². The Kier molecular flexibility index (Phi) is 8.94. The van der Waals surface area contributed by atoms with Crippen molar-refractivity contribution in [2.75, 3.05) is 57.6 Å². The van der Waals surface area contributed by atoms with Crippen molar-refractivity contribution in [1.29, 1.82) is 0 Å². The van der Waals surface area contributed by atoms with Crippen LogP contribution in [0.1, 0.15) is 5.56 Å². The van der Waals surface area contributed by atoms with Gasteiger partial charge in [0.15, 0.2) is 17.8 Å². The number of fused-ring (bicyclic) bond motifs is 1. The van der Waals surface area contributed by atoms with Gasteiger partial charge in [0, 0.05) is 37.6 Å². The minimum absolute atomic E-state index is 0.0652. The maximum absolute atomic E-state index is 12.7. The van der Waals surface area contributed by atoms with Gasteiger partial charge >= 0.3 is 6.09 Å². The van der Waals surface area contributed by atoms with Crippen molar-refractivity contribution in [2.24, 2.45) is 0 Å². The number of piperazine rings is 1. The zero-order valence-corrected chi connectivity index (χ0v) is 21.8. The van der Waals surface area contributed by atoms with Crippen molar-refractivity contribution in [3.63, 3.8) is 0 Å². The smallest absolute Gasteiger partial charge is 0.409 e. The summed E-state index contributed by atoms with van der Waals surface area (Å²) in [4.78, 5) is 48.8. The maximum atomic E-state index is 12.7. The van der Waals surface area contributed by atoms with E-state index in [-0.39, 0.29) is 19.1 Å². The summed E-state index contributed by atoms with van der Waals surface area (Å²) >= 11 is 0. The van der Waals surface area contributed by atoms with E-state index in [1.165, 1.54) is 0 Å². The molecule has 0 bridgehead atoms. The van der Waals surface area contributed by atoms with E-state index in [4.69, 9.17) is 19.9 Å². The Hall–Kier alpha value is -4.65. The Labute approximate surface area is 225 Å². The highest BCUT2D eigenvalue weighted by Gasteiger charge is 2.24. The van der Waals surface area contributed by atoms with Crippen molar-refractivity contribution in [3.8, 4) is 11.5 Å². The summed E-state index contributed by atoms with van der Waals surface area (Å²) in [5.41, 5.74) is 7.64. The first-order valence-corrected chi connectivity index (χ1v) is 12.3. The quantitative estimate of drug-likeness (QED) is 0.249. The van der Waals surface area contributed by atoms with Gasteiger partial charge in [0.1, 0.15) is 18.6 Å². The molecule has 2 aromatic carbocycles. The number of aldehydes is 1. The first-order valence-electron chi connectivity index (χ1n) is 12.3. The molecule has 0 radical (unpaired) electrons. The van der Waals surface area contributed by atoms with Gasteiger partial charge in [-0.15, -0.1) is 0 Å². The first kappa shape index (κ1) is 27.4. The fraction of sp³-hybridized carbons (Fsp3) is 0.346. The number of carbonyl (C=O) groups excluding carboxylic acids is 3. The minimum atomic E-state index is -1.07. The summed E-state index contributed by atoms with van der Waals surface area (Å²) in [6.45, 7) is 1.76. The molecule has 39 heavy (non-hydrogen) atoms. The van der Waals surface area contributed by atoms with Crippen LogP contribution in [0, 0.1) is 0 Å². The summed E-state index contributed by atoms with van der Waals surface area (Å²) in [6, 6.07) is 12.6. The summed E-state index contributed by atoms with van der Waals surface area (Å²) in [7, 11) is 3.09. The lowest BCUT2D eigenvalue weighted by Gasteiger charge is -2.35. The number of nitrogen functional groups attached to an aromatic ring is 1. The summed E-state index contributed by atoms with van der Waals surface area (Å²) in [6.07, 6.45) is -1.33. The van der Waals surface area contributed by atoms with E-state index in [1.807, 2.05) is 35.2 Å². The lowest BCUT2D eigenvalue weighted by atomic mass is 10.2. The number of carbonyl (C=O) groups is 3. The average Bonchev–Trinajstić information content (AvgIpc) is 2.97. The fourth-order valence-electron chi connectivity index (χ4n) is 4.10. The number of nitrogens with one attached hydrogen (secondary N) is 2. The number of anilines is 2. The Morgan fingerprint density at radius 3 is 2.41 bits per heavy atom. The van der Waals surface area contributed by atoms with Gasteiger partial charge in [0.25, 0.3) is 0 Å². The molecule has 0 aliphatic carbocycles. The topological polar surface area (TPSA) is 161 Å². The largest absolute Gasteiger partial charge is 0.493 e. The average molecular weight is 538 g/mol. The second-order valence-electron chi connectivity index (χ2n) is 8.70.